The highest BCUT2D eigenvalue weighted by Gasteiger charge is 2.41. The molecule has 21 heavy (non-hydrogen) atoms. The van der Waals surface area contributed by atoms with Crippen molar-refractivity contribution in [2.75, 3.05) is 0 Å². The van der Waals surface area contributed by atoms with Crippen molar-refractivity contribution in [1.29, 1.82) is 0 Å². The maximum atomic E-state index is 11.6. The van der Waals surface area contributed by atoms with Crippen LogP contribution in [-0.2, 0) is 19.1 Å². The van der Waals surface area contributed by atoms with E-state index in [1.54, 1.807) is 0 Å². The molecule has 120 valence electrons. The predicted octanol–water partition coefficient (Wildman–Crippen LogP) is 2.76. The first-order valence-electron chi connectivity index (χ1n) is 7.18. The Balaban J connectivity index is 4.86. The minimum atomic E-state index is -1.66. The number of carbonyl (C=O) groups is 3. The number of esters is 1. The lowest BCUT2D eigenvalue weighted by molar-refractivity contribution is -0.178. The topological polar surface area (TPSA) is 101 Å². The highest BCUT2D eigenvalue weighted by molar-refractivity contribution is 5.86. The third kappa shape index (κ3) is 7.48. The molecule has 0 aromatic rings. The quantitative estimate of drug-likeness (QED) is 0.326. The lowest BCUT2D eigenvalue weighted by atomic mass is 9.90. The molecule has 0 bridgehead atoms. The molecular formula is C15H24O6. The molecule has 0 amide bonds. The van der Waals surface area contributed by atoms with Gasteiger partial charge in [0.25, 0.3) is 0 Å². The van der Waals surface area contributed by atoms with Gasteiger partial charge in [0, 0.05) is 12.5 Å². The molecule has 0 aromatic heterocycles. The number of aliphatic carboxylic acids is 2. The van der Waals surface area contributed by atoms with E-state index in [-0.39, 0.29) is 25.7 Å². The van der Waals surface area contributed by atoms with Gasteiger partial charge in [-0.2, -0.15) is 0 Å². The van der Waals surface area contributed by atoms with E-state index < -0.39 is 23.5 Å². The third-order valence-corrected chi connectivity index (χ3v) is 3.26. The molecule has 6 nitrogen and oxygen atoms in total. The summed E-state index contributed by atoms with van der Waals surface area (Å²) < 4.78 is 5.06. The minimum Gasteiger partial charge on any atom is -0.481 e. The van der Waals surface area contributed by atoms with Crippen LogP contribution in [-0.4, -0.2) is 33.7 Å². The van der Waals surface area contributed by atoms with Crippen molar-refractivity contribution < 1.29 is 29.3 Å². The summed E-state index contributed by atoms with van der Waals surface area (Å²) in [6, 6.07) is 0. The Morgan fingerprint density at radius 2 is 1.71 bits per heavy atom. The Bertz CT molecular complexity index is 376. The summed E-state index contributed by atoms with van der Waals surface area (Å²) in [5.41, 5.74) is -1.66. The average molecular weight is 300 g/mol. The van der Waals surface area contributed by atoms with Crippen molar-refractivity contribution in [2.24, 2.45) is 0 Å². The van der Waals surface area contributed by atoms with Crippen LogP contribution in [0.1, 0.15) is 58.3 Å². The summed E-state index contributed by atoms with van der Waals surface area (Å²) in [7, 11) is 0. The lowest BCUT2D eigenvalue weighted by Crippen LogP contribution is -2.43. The van der Waals surface area contributed by atoms with E-state index in [4.69, 9.17) is 9.84 Å². The van der Waals surface area contributed by atoms with Gasteiger partial charge >= 0.3 is 17.9 Å². The van der Waals surface area contributed by atoms with Crippen LogP contribution >= 0.6 is 0 Å². The zero-order chi connectivity index (χ0) is 16.3. The summed E-state index contributed by atoms with van der Waals surface area (Å²) in [5.74, 6) is -3.04. The molecule has 0 saturated carbocycles. The van der Waals surface area contributed by atoms with Crippen molar-refractivity contribution in [1.82, 2.24) is 0 Å². The molecule has 0 rings (SSSR count). The molecule has 1 unspecified atom stereocenters. The minimum absolute atomic E-state index is 0.0136. The fourth-order valence-electron chi connectivity index (χ4n) is 2.08. The molecule has 2 N–H and O–H groups in total. The molecule has 1 atom stereocenters. The molecule has 0 radical (unpaired) electrons. The number of carbonyl (C=O) groups excluding carboxylic acids is 1. The van der Waals surface area contributed by atoms with E-state index in [1.807, 2.05) is 6.92 Å². The highest BCUT2D eigenvalue weighted by Crippen LogP contribution is 2.27. The van der Waals surface area contributed by atoms with E-state index in [0.29, 0.717) is 6.42 Å². The molecule has 0 aliphatic heterocycles. The largest absolute Gasteiger partial charge is 0.481 e. The van der Waals surface area contributed by atoms with Gasteiger partial charge in [0.1, 0.15) is 0 Å². The molecule has 0 aliphatic carbocycles. The van der Waals surface area contributed by atoms with E-state index in [2.05, 4.69) is 6.58 Å². The lowest BCUT2D eigenvalue weighted by Gasteiger charge is -2.29. The fourth-order valence-corrected chi connectivity index (χ4v) is 2.08. The van der Waals surface area contributed by atoms with Crippen molar-refractivity contribution in [2.45, 2.75) is 63.9 Å². The van der Waals surface area contributed by atoms with Gasteiger partial charge in [0.2, 0.25) is 5.60 Å². The third-order valence-electron chi connectivity index (χ3n) is 3.26. The average Bonchev–Trinajstić information content (AvgIpc) is 2.42. The zero-order valence-corrected chi connectivity index (χ0v) is 12.5. The van der Waals surface area contributed by atoms with Crippen LogP contribution in [0.5, 0.6) is 0 Å². The number of carboxylic acid groups (broad SMARTS) is 2. The Morgan fingerprint density at radius 3 is 2.19 bits per heavy atom. The fraction of sp³-hybridized carbons (Fsp3) is 0.667. The zero-order valence-electron chi connectivity index (χ0n) is 12.5. The van der Waals surface area contributed by atoms with Gasteiger partial charge in [-0.3, -0.25) is 4.79 Å². The van der Waals surface area contributed by atoms with Crippen LogP contribution in [0.25, 0.3) is 0 Å². The second-order valence-electron chi connectivity index (χ2n) is 4.98. The SMILES string of the molecule is C=CC(=O)OC(CCCCCC)(CCCC(=O)O)C(=O)O. The van der Waals surface area contributed by atoms with Crippen LogP contribution in [0.4, 0.5) is 0 Å². The molecule has 0 fully saturated rings. The monoisotopic (exact) mass is 300 g/mol. The van der Waals surface area contributed by atoms with Crippen LogP contribution in [0, 0.1) is 0 Å². The standard InChI is InChI=1S/C15H24O6/c1-3-5-6-7-10-15(14(19)20,21-13(18)4-2)11-8-9-12(16)17/h4H,2-3,5-11H2,1H3,(H,16,17)(H,19,20). The van der Waals surface area contributed by atoms with Gasteiger partial charge in [0.15, 0.2) is 0 Å². The normalized spacial score (nSPS) is 13.2. The van der Waals surface area contributed by atoms with E-state index in [9.17, 15) is 19.5 Å². The number of unbranched alkanes of at least 4 members (excludes halogenated alkanes) is 3. The molecule has 0 spiro atoms. The van der Waals surface area contributed by atoms with E-state index in [1.165, 1.54) is 0 Å². The maximum absolute atomic E-state index is 11.6. The number of hydrogen-bond donors (Lipinski definition) is 2. The summed E-state index contributed by atoms with van der Waals surface area (Å²) in [6.45, 7) is 5.30. The van der Waals surface area contributed by atoms with Crippen LogP contribution in [0.2, 0.25) is 0 Å². The molecule has 6 heteroatoms. The first-order valence-corrected chi connectivity index (χ1v) is 7.18. The molecule has 0 heterocycles. The maximum Gasteiger partial charge on any atom is 0.348 e. The predicted molar refractivity (Wildman–Crippen MR) is 76.9 cm³/mol. The van der Waals surface area contributed by atoms with Gasteiger partial charge in [0.05, 0.1) is 0 Å². The molecule has 0 saturated heterocycles. The second kappa shape index (κ2) is 9.96. The Labute approximate surface area is 124 Å². The first-order chi connectivity index (χ1) is 9.88. The molecule has 0 aromatic carbocycles. The van der Waals surface area contributed by atoms with Gasteiger partial charge in [-0.05, 0) is 25.7 Å². The summed E-state index contributed by atoms with van der Waals surface area (Å²) in [6.07, 6.45) is 4.50. The van der Waals surface area contributed by atoms with Gasteiger partial charge in [-0.15, -0.1) is 0 Å². The van der Waals surface area contributed by atoms with Crippen molar-refractivity contribution in [3.8, 4) is 0 Å². The van der Waals surface area contributed by atoms with Gasteiger partial charge < -0.3 is 14.9 Å². The summed E-state index contributed by atoms with van der Waals surface area (Å²) >= 11 is 0. The Morgan fingerprint density at radius 1 is 1.10 bits per heavy atom. The van der Waals surface area contributed by atoms with Crippen molar-refractivity contribution in [3.05, 3.63) is 12.7 Å². The number of hydrogen-bond acceptors (Lipinski definition) is 4. The van der Waals surface area contributed by atoms with E-state index in [0.717, 1.165) is 25.3 Å². The van der Waals surface area contributed by atoms with Crippen molar-refractivity contribution in [3.63, 3.8) is 0 Å². The number of rotatable bonds is 12. The first kappa shape index (κ1) is 19.1. The molecular weight excluding hydrogens is 276 g/mol. The summed E-state index contributed by atoms with van der Waals surface area (Å²) in [5, 5.41) is 18.1. The highest BCUT2D eigenvalue weighted by atomic mass is 16.6. The smallest absolute Gasteiger partial charge is 0.348 e. The van der Waals surface area contributed by atoms with Crippen LogP contribution in [0.15, 0.2) is 12.7 Å². The number of ether oxygens (including phenoxy) is 1. The molecule has 0 aliphatic rings. The van der Waals surface area contributed by atoms with Crippen molar-refractivity contribution >= 4 is 17.9 Å². The Hall–Kier alpha value is -1.85. The van der Waals surface area contributed by atoms with Gasteiger partial charge in [-0.1, -0.05) is 32.8 Å². The number of carboxylic acids is 2. The van der Waals surface area contributed by atoms with Gasteiger partial charge in [-0.25, -0.2) is 9.59 Å². The van der Waals surface area contributed by atoms with E-state index >= 15 is 0 Å². The van der Waals surface area contributed by atoms with Crippen LogP contribution < -0.4 is 0 Å². The van der Waals surface area contributed by atoms with Crippen LogP contribution in [0.3, 0.4) is 0 Å². The second-order valence-corrected chi connectivity index (χ2v) is 4.98. The Kier molecular flexibility index (Phi) is 9.08. The summed E-state index contributed by atoms with van der Waals surface area (Å²) in [4.78, 5) is 33.5.